The highest BCUT2D eigenvalue weighted by Gasteiger charge is 2.21. The molecule has 1 aliphatic rings. The Bertz CT molecular complexity index is 729. The fourth-order valence-electron chi connectivity index (χ4n) is 2.77. The van der Waals surface area contributed by atoms with Gasteiger partial charge in [0.25, 0.3) is 0 Å². The van der Waals surface area contributed by atoms with Crippen LogP contribution in [0, 0.1) is 0 Å². The lowest BCUT2D eigenvalue weighted by Crippen LogP contribution is -2.48. The minimum absolute atomic E-state index is 0.0830. The Morgan fingerprint density at radius 3 is 2.56 bits per heavy atom. The van der Waals surface area contributed by atoms with Gasteiger partial charge in [-0.25, -0.2) is 15.0 Å². The topological polar surface area (TPSA) is 95.3 Å². The summed E-state index contributed by atoms with van der Waals surface area (Å²) in [6.07, 6.45) is 4.91. The van der Waals surface area contributed by atoms with Crippen molar-refractivity contribution in [1.29, 1.82) is 0 Å². The van der Waals surface area contributed by atoms with Crippen LogP contribution in [0.25, 0.3) is 11.5 Å². The van der Waals surface area contributed by atoms with Gasteiger partial charge in [0.2, 0.25) is 0 Å². The van der Waals surface area contributed by atoms with Crippen LogP contribution in [0.15, 0.2) is 24.7 Å². The number of carboxylic acids is 1. The molecule has 1 fully saturated rings. The number of aliphatic carboxylic acids is 1. The zero-order chi connectivity index (χ0) is 17.8. The molecule has 0 aliphatic carbocycles. The number of hydrogen-bond acceptors (Lipinski definition) is 7. The summed E-state index contributed by atoms with van der Waals surface area (Å²) >= 11 is 0. The molecule has 0 amide bonds. The zero-order valence-electron chi connectivity index (χ0n) is 14.5. The van der Waals surface area contributed by atoms with E-state index in [1.165, 1.54) is 0 Å². The first-order chi connectivity index (χ1) is 12.0. The molecule has 3 heterocycles. The molecule has 2 aromatic rings. The SMILES string of the molecule is CC(C)c1cc(N2CCN(CC(=O)O)CC2)nc(-c2cnccn2)n1. The second-order valence-corrected chi connectivity index (χ2v) is 6.38. The van der Waals surface area contributed by atoms with E-state index in [9.17, 15) is 4.79 Å². The van der Waals surface area contributed by atoms with Gasteiger partial charge in [0, 0.05) is 50.3 Å². The van der Waals surface area contributed by atoms with Gasteiger partial charge in [-0.05, 0) is 5.92 Å². The first kappa shape index (κ1) is 17.2. The third-order valence-corrected chi connectivity index (χ3v) is 4.17. The maximum atomic E-state index is 10.9. The highest BCUT2D eigenvalue weighted by atomic mass is 16.4. The Balaban J connectivity index is 1.84. The molecule has 8 nitrogen and oxygen atoms in total. The Kier molecular flexibility index (Phi) is 5.18. The summed E-state index contributed by atoms with van der Waals surface area (Å²) < 4.78 is 0. The van der Waals surface area contributed by atoms with Crippen molar-refractivity contribution in [3.8, 4) is 11.5 Å². The van der Waals surface area contributed by atoms with Crippen molar-refractivity contribution < 1.29 is 9.90 Å². The van der Waals surface area contributed by atoms with E-state index in [2.05, 4.69) is 38.7 Å². The number of rotatable bonds is 5. The van der Waals surface area contributed by atoms with Crippen LogP contribution in [0.5, 0.6) is 0 Å². The number of hydrogen-bond donors (Lipinski definition) is 1. The lowest BCUT2D eigenvalue weighted by molar-refractivity contribution is -0.138. The normalized spacial score (nSPS) is 15.6. The van der Waals surface area contributed by atoms with Crippen molar-refractivity contribution in [3.63, 3.8) is 0 Å². The van der Waals surface area contributed by atoms with E-state index < -0.39 is 5.97 Å². The summed E-state index contributed by atoms with van der Waals surface area (Å²) in [6, 6.07) is 2.01. The zero-order valence-corrected chi connectivity index (χ0v) is 14.5. The molecule has 0 spiro atoms. The van der Waals surface area contributed by atoms with Gasteiger partial charge in [0.15, 0.2) is 5.82 Å². The predicted molar refractivity (Wildman–Crippen MR) is 93.4 cm³/mol. The van der Waals surface area contributed by atoms with Crippen LogP contribution in [0.2, 0.25) is 0 Å². The Labute approximate surface area is 146 Å². The Morgan fingerprint density at radius 2 is 1.96 bits per heavy atom. The molecular formula is C17H22N6O2. The first-order valence-electron chi connectivity index (χ1n) is 8.37. The van der Waals surface area contributed by atoms with Crippen LogP contribution in [0.3, 0.4) is 0 Å². The molecule has 0 aromatic carbocycles. The lowest BCUT2D eigenvalue weighted by Gasteiger charge is -2.34. The molecule has 25 heavy (non-hydrogen) atoms. The average Bonchev–Trinajstić information content (AvgIpc) is 2.62. The summed E-state index contributed by atoms with van der Waals surface area (Å²) in [6.45, 7) is 7.15. The molecule has 8 heteroatoms. The van der Waals surface area contributed by atoms with Gasteiger partial charge in [-0.15, -0.1) is 0 Å². The van der Waals surface area contributed by atoms with Crippen LogP contribution in [0.4, 0.5) is 5.82 Å². The monoisotopic (exact) mass is 342 g/mol. The predicted octanol–water partition coefficient (Wildman–Crippen LogP) is 1.26. The number of aromatic nitrogens is 4. The largest absolute Gasteiger partial charge is 0.480 e. The molecule has 0 bridgehead atoms. The number of carboxylic acid groups (broad SMARTS) is 1. The minimum Gasteiger partial charge on any atom is -0.480 e. The standard InChI is InChI=1S/C17H22N6O2/c1-12(2)13-9-15(21-17(20-13)14-10-18-3-4-19-14)23-7-5-22(6-8-23)11-16(24)25/h3-4,9-10,12H,5-8,11H2,1-2H3,(H,24,25). The highest BCUT2D eigenvalue weighted by Crippen LogP contribution is 2.23. The van der Waals surface area contributed by atoms with Crippen LogP contribution < -0.4 is 4.90 Å². The molecule has 132 valence electrons. The van der Waals surface area contributed by atoms with Crippen LogP contribution in [-0.2, 0) is 4.79 Å². The smallest absolute Gasteiger partial charge is 0.317 e. The second kappa shape index (κ2) is 7.52. The van der Waals surface area contributed by atoms with Crippen LogP contribution in [0.1, 0.15) is 25.5 Å². The molecular weight excluding hydrogens is 320 g/mol. The van der Waals surface area contributed by atoms with Gasteiger partial charge in [0.1, 0.15) is 11.5 Å². The van der Waals surface area contributed by atoms with Gasteiger partial charge in [0.05, 0.1) is 12.7 Å². The van der Waals surface area contributed by atoms with Crippen molar-refractivity contribution in [2.24, 2.45) is 0 Å². The minimum atomic E-state index is -0.789. The van der Waals surface area contributed by atoms with Gasteiger partial charge >= 0.3 is 5.97 Å². The van der Waals surface area contributed by atoms with E-state index in [-0.39, 0.29) is 12.5 Å². The molecule has 1 aliphatic heterocycles. The molecule has 0 saturated carbocycles. The summed E-state index contributed by atoms with van der Waals surface area (Å²) in [4.78, 5) is 32.7. The molecule has 1 saturated heterocycles. The molecule has 0 atom stereocenters. The number of carbonyl (C=O) groups is 1. The Hall–Kier alpha value is -2.61. The quantitative estimate of drug-likeness (QED) is 0.868. The van der Waals surface area contributed by atoms with E-state index in [0.717, 1.165) is 24.6 Å². The number of anilines is 1. The first-order valence-corrected chi connectivity index (χ1v) is 8.37. The molecule has 0 radical (unpaired) electrons. The fourth-order valence-corrected chi connectivity index (χ4v) is 2.77. The average molecular weight is 342 g/mol. The van der Waals surface area contributed by atoms with Crippen LogP contribution in [-0.4, -0.2) is 68.6 Å². The maximum absolute atomic E-state index is 10.9. The summed E-state index contributed by atoms with van der Waals surface area (Å²) in [7, 11) is 0. The van der Waals surface area contributed by atoms with Gasteiger partial charge in [-0.3, -0.25) is 14.7 Å². The van der Waals surface area contributed by atoms with E-state index in [1.807, 2.05) is 11.0 Å². The van der Waals surface area contributed by atoms with E-state index >= 15 is 0 Å². The Morgan fingerprint density at radius 1 is 1.20 bits per heavy atom. The molecule has 2 aromatic heterocycles. The lowest BCUT2D eigenvalue weighted by atomic mass is 10.1. The van der Waals surface area contributed by atoms with Crippen molar-refractivity contribution in [3.05, 3.63) is 30.4 Å². The summed E-state index contributed by atoms with van der Waals surface area (Å²) in [5.41, 5.74) is 1.61. The molecule has 0 unspecified atom stereocenters. The van der Waals surface area contributed by atoms with Crippen molar-refractivity contribution in [2.75, 3.05) is 37.6 Å². The van der Waals surface area contributed by atoms with Crippen molar-refractivity contribution in [2.45, 2.75) is 19.8 Å². The number of piperazine rings is 1. The third kappa shape index (κ3) is 4.27. The molecule has 1 N–H and O–H groups in total. The van der Waals surface area contributed by atoms with E-state index in [4.69, 9.17) is 5.11 Å². The van der Waals surface area contributed by atoms with Crippen molar-refractivity contribution in [1.82, 2.24) is 24.8 Å². The summed E-state index contributed by atoms with van der Waals surface area (Å²) in [5.74, 6) is 0.907. The highest BCUT2D eigenvalue weighted by molar-refractivity contribution is 5.69. The van der Waals surface area contributed by atoms with E-state index in [0.29, 0.717) is 24.6 Å². The summed E-state index contributed by atoms with van der Waals surface area (Å²) in [5, 5.41) is 8.92. The van der Waals surface area contributed by atoms with Gasteiger partial charge in [-0.1, -0.05) is 13.8 Å². The number of nitrogens with zero attached hydrogens (tertiary/aromatic N) is 6. The van der Waals surface area contributed by atoms with Gasteiger partial charge in [-0.2, -0.15) is 0 Å². The third-order valence-electron chi connectivity index (χ3n) is 4.17. The fraction of sp³-hybridized carbons (Fsp3) is 0.471. The van der Waals surface area contributed by atoms with E-state index in [1.54, 1.807) is 18.6 Å². The van der Waals surface area contributed by atoms with Crippen LogP contribution >= 0.6 is 0 Å². The maximum Gasteiger partial charge on any atom is 0.317 e. The van der Waals surface area contributed by atoms with Gasteiger partial charge < -0.3 is 10.0 Å². The second-order valence-electron chi connectivity index (χ2n) is 6.38. The molecule has 3 rings (SSSR count). The van der Waals surface area contributed by atoms with Crippen molar-refractivity contribution >= 4 is 11.8 Å².